The smallest absolute Gasteiger partial charge is 0.254 e. The Balaban J connectivity index is 0.00000405. The molecule has 2 N–H and O–H groups in total. The van der Waals surface area contributed by atoms with Gasteiger partial charge in [0.05, 0.1) is 23.0 Å². The minimum absolute atomic E-state index is 0. The number of halogens is 1. The number of rotatable bonds is 8. The van der Waals surface area contributed by atoms with Gasteiger partial charge in [-0.1, -0.05) is 25.1 Å². The fraction of sp³-hybridized carbons (Fsp3) is 0.355. The van der Waals surface area contributed by atoms with Crippen LogP contribution in [-0.2, 0) is 11.2 Å². The molecule has 1 aliphatic rings. The first-order chi connectivity index (χ1) is 19.8. The highest BCUT2D eigenvalue weighted by atomic mass is 32.1. The quantitative estimate of drug-likeness (QED) is 0.306. The van der Waals surface area contributed by atoms with Gasteiger partial charge in [-0.2, -0.15) is 13.5 Å². The van der Waals surface area contributed by atoms with Gasteiger partial charge in [-0.3, -0.25) is 19.6 Å². The number of aromatic nitrogens is 4. The van der Waals surface area contributed by atoms with Crippen LogP contribution in [0.4, 0.5) is 10.2 Å². The topological polar surface area (TPSA) is 113 Å². The number of likely N-dealkylation sites (tertiary alicyclic amines) is 1. The molecule has 1 atom stereocenters. The number of fused-ring (bicyclic) bond motifs is 1. The number of pyridine rings is 2. The van der Waals surface area contributed by atoms with Crippen LogP contribution in [0.5, 0.6) is 0 Å². The van der Waals surface area contributed by atoms with Crippen LogP contribution in [0, 0.1) is 11.7 Å². The average molecular weight is 590 g/mol. The molecular formula is C31H36FN7O2S. The Hall–Kier alpha value is -4.12. The molecule has 4 aromatic rings. The molecule has 0 aliphatic carbocycles. The second-order valence-electron chi connectivity index (χ2n) is 10.6. The summed E-state index contributed by atoms with van der Waals surface area (Å²) < 4.78 is 14.4. The predicted molar refractivity (Wildman–Crippen MR) is 166 cm³/mol. The van der Waals surface area contributed by atoms with E-state index in [2.05, 4.69) is 30.6 Å². The molecule has 0 saturated carbocycles. The monoisotopic (exact) mass is 589 g/mol. The third-order valence-corrected chi connectivity index (χ3v) is 7.80. The lowest BCUT2D eigenvalue weighted by molar-refractivity contribution is -0.130. The Labute approximate surface area is 251 Å². The Morgan fingerprint density at radius 3 is 2.55 bits per heavy atom. The summed E-state index contributed by atoms with van der Waals surface area (Å²) >= 11 is 0. The van der Waals surface area contributed by atoms with Gasteiger partial charge in [0.1, 0.15) is 12.1 Å². The van der Waals surface area contributed by atoms with Crippen molar-refractivity contribution in [1.29, 1.82) is 0 Å². The van der Waals surface area contributed by atoms with Crippen LogP contribution < -0.4 is 10.6 Å². The summed E-state index contributed by atoms with van der Waals surface area (Å²) in [5.74, 6) is 0.226. The number of amides is 2. The summed E-state index contributed by atoms with van der Waals surface area (Å²) in [6.45, 7) is 5.86. The number of carbonyl (C=O) groups excluding carboxylic acids is 2. The number of piperidine rings is 1. The molecule has 9 nitrogen and oxygen atoms in total. The van der Waals surface area contributed by atoms with Crippen molar-refractivity contribution >= 4 is 42.0 Å². The minimum Gasteiger partial charge on any atom is -0.369 e. The van der Waals surface area contributed by atoms with E-state index in [9.17, 15) is 14.0 Å². The first-order valence-electron chi connectivity index (χ1n) is 13.9. The van der Waals surface area contributed by atoms with Crippen LogP contribution in [-0.4, -0.2) is 63.3 Å². The number of hydrogen-bond acceptors (Lipinski definition) is 7. The first-order valence-corrected chi connectivity index (χ1v) is 13.9. The van der Waals surface area contributed by atoms with Gasteiger partial charge < -0.3 is 15.5 Å². The largest absolute Gasteiger partial charge is 0.369 e. The standard InChI is InChI=1S/C31H34FN7O2.H2S/c1-19(24-5-4-6-25-29(31(41)33-3)26(32)17-36-30(24)25)15-35-28-14-27(37-18-38-28)22-7-8-23(34-16-22)13-21-9-11-39(12-10-21)20(2)40;/h4-8,14,16-19,21H,9-13,15H2,1-3H3,(H,33,41)(H,35,37,38);1H2/t19-;/m1./s1. The predicted octanol–water partition coefficient (Wildman–Crippen LogP) is 4.71. The molecule has 220 valence electrons. The van der Waals surface area contributed by atoms with Crippen molar-refractivity contribution in [3.05, 3.63) is 77.8 Å². The van der Waals surface area contributed by atoms with Crippen molar-refractivity contribution in [2.45, 2.75) is 39.0 Å². The molecule has 2 amide bonds. The second-order valence-corrected chi connectivity index (χ2v) is 10.6. The number of benzene rings is 1. The normalized spacial score (nSPS) is 14.2. The maximum absolute atomic E-state index is 14.4. The van der Waals surface area contributed by atoms with Crippen LogP contribution in [0.25, 0.3) is 22.2 Å². The number of hydrogen-bond donors (Lipinski definition) is 2. The van der Waals surface area contributed by atoms with Gasteiger partial charge >= 0.3 is 0 Å². The number of nitrogens with zero attached hydrogens (tertiary/aromatic N) is 5. The summed E-state index contributed by atoms with van der Waals surface area (Å²) in [6.07, 6.45) is 7.38. The third kappa shape index (κ3) is 6.84. The lowest BCUT2D eigenvalue weighted by Gasteiger charge is -2.31. The SMILES string of the molecule is CNC(=O)c1c(F)cnc2c([C@H](C)CNc3cc(-c4ccc(CC5CCN(C(C)=O)CC5)nc4)ncn3)cccc12.S. The zero-order chi connectivity index (χ0) is 28.9. The molecule has 1 aliphatic heterocycles. The van der Waals surface area contributed by atoms with E-state index in [0.29, 0.717) is 29.2 Å². The van der Waals surface area contributed by atoms with Gasteiger partial charge in [0, 0.05) is 68.4 Å². The van der Waals surface area contributed by atoms with E-state index in [1.54, 1.807) is 13.0 Å². The molecule has 4 heterocycles. The fourth-order valence-corrected chi connectivity index (χ4v) is 5.40. The zero-order valence-electron chi connectivity index (χ0n) is 24.0. The molecule has 1 fully saturated rings. The van der Waals surface area contributed by atoms with E-state index in [4.69, 9.17) is 0 Å². The van der Waals surface area contributed by atoms with Crippen molar-refractivity contribution in [2.24, 2.45) is 5.92 Å². The van der Waals surface area contributed by atoms with Crippen LogP contribution in [0.1, 0.15) is 54.2 Å². The Morgan fingerprint density at radius 2 is 1.86 bits per heavy atom. The zero-order valence-corrected chi connectivity index (χ0v) is 25.0. The lowest BCUT2D eigenvalue weighted by Crippen LogP contribution is -2.37. The Kier molecular flexibility index (Phi) is 10.1. The first kappa shape index (κ1) is 30.8. The van der Waals surface area contributed by atoms with Crippen molar-refractivity contribution in [2.75, 3.05) is 32.0 Å². The van der Waals surface area contributed by atoms with E-state index in [0.717, 1.165) is 61.1 Å². The molecule has 0 spiro atoms. The van der Waals surface area contributed by atoms with E-state index in [-0.39, 0.29) is 30.9 Å². The van der Waals surface area contributed by atoms with Gasteiger partial charge in [-0.25, -0.2) is 14.4 Å². The summed E-state index contributed by atoms with van der Waals surface area (Å²) in [6, 6.07) is 11.4. The summed E-state index contributed by atoms with van der Waals surface area (Å²) in [4.78, 5) is 43.6. The van der Waals surface area contributed by atoms with Crippen molar-refractivity contribution in [3.63, 3.8) is 0 Å². The molecule has 42 heavy (non-hydrogen) atoms. The van der Waals surface area contributed by atoms with Gasteiger partial charge in [-0.05, 0) is 42.9 Å². The summed E-state index contributed by atoms with van der Waals surface area (Å²) in [5.41, 5.74) is 4.21. The molecule has 0 unspecified atom stereocenters. The minimum atomic E-state index is -0.647. The van der Waals surface area contributed by atoms with Crippen LogP contribution in [0.2, 0.25) is 0 Å². The molecule has 1 aromatic carbocycles. The van der Waals surface area contributed by atoms with Gasteiger partial charge in [-0.15, -0.1) is 0 Å². The van der Waals surface area contributed by atoms with Crippen molar-refractivity contribution < 1.29 is 14.0 Å². The molecule has 5 rings (SSSR count). The molecule has 3 aromatic heterocycles. The molecule has 1 saturated heterocycles. The Morgan fingerprint density at radius 1 is 1.07 bits per heavy atom. The highest BCUT2D eigenvalue weighted by molar-refractivity contribution is 7.59. The fourth-order valence-electron chi connectivity index (χ4n) is 5.40. The maximum atomic E-state index is 14.4. The van der Waals surface area contributed by atoms with Crippen molar-refractivity contribution in [3.8, 4) is 11.3 Å². The molecule has 0 radical (unpaired) electrons. The van der Waals surface area contributed by atoms with Crippen LogP contribution in [0.3, 0.4) is 0 Å². The van der Waals surface area contributed by atoms with E-state index < -0.39 is 11.7 Å². The number of carbonyl (C=O) groups is 2. The van der Waals surface area contributed by atoms with Gasteiger partial charge in [0.25, 0.3) is 5.91 Å². The van der Waals surface area contributed by atoms with Crippen LogP contribution >= 0.6 is 13.5 Å². The highest BCUT2D eigenvalue weighted by Crippen LogP contribution is 2.28. The molecule has 0 bridgehead atoms. The lowest BCUT2D eigenvalue weighted by atomic mass is 9.92. The number of para-hydroxylation sites is 1. The van der Waals surface area contributed by atoms with Gasteiger partial charge in [0.2, 0.25) is 5.91 Å². The molecular weight excluding hydrogens is 553 g/mol. The molecule has 11 heteroatoms. The summed E-state index contributed by atoms with van der Waals surface area (Å²) in [5, 5.41) is 6.36. The van der Waals surface area contributed by atoms with Crippen LogP contribution in [0.15, 0.2) is 55.1 Å². The highest BCUT2D eigenvalue weighted by Gasteiger charge is 2.22. The maximum Gasteiger partial charge on any atom is 0.254 e. The van der Waals surface area contributed by atoms with E-state index >= 15 is 0 Å². The summed E-state index contributed by atoms with van der Waals surface area (Å²) in [7, 11) is 1.48. The number of nitrogens with one attached hydrogen (secondary N) is 2. The third-order valence-electron chi connectivity index (χ3n) is 7.80. The van der Waals surface area contributed by atoms with Gasteiger partial charge in [0.15, 0.2) is 5.82 Å². The van der Waals surface area contributed by atoms with E-state index in [1.165, 1.54) is 13.4 Å². The van der Waals surface area contributed by atoms with E-state index in [1.807, 2.05) is 48.4 Å². The average Bonchev–Trinajstić information content (AvgIpc) is 3.00. The Bertz CT molecular complexity index is 1560. The van der Waals surface area contributed by atoms with Crippen molar-refractivity contribution in [1.82, 2.24) is 30.2 Å². The number of anilines is 1. The second kappa shape index (κ2) is 13.7.